The average molecular weight is 246 g/mol. The lowest BCUT2D eigenvalue weighted by molar-refractivity contribution is 0.0909. The van der Waals surface area contributed by atoms with E-state index >= 15 is 0 Å². The molecule has 0 spiro atoms. The summed E-state index contributed by atoms with van der Waals surface area (Å²) in [5.74, 6) is 0. The van der Waals surface area contributed by atoms with Crippen LogP contribution in [0.4, 0.5) is 5.69 Å². The number of likely N-dealkylation sites (tertiary alicyclic amines) is 1. The fraction of sp³-hybridized carbons (Fsp3) is 0.625. The van der Waals surface area contributed by atoms with E-state index in [1.165, 1.54) is 44.3 Å². The molecule has 1 heterocycles. The van der Waals surface area contributed by atoms with Crippen LogP contribution in [0.15, 0.2) is 24.3 Å². The monoisotopic (exact) mass is 246 g/mol. The Balaban J connectivity index is 1.91. The molecule has 1 aromatic rings. The number of nitrogen functional groups attached to an aromatic ring is 1. The molecule has 100 valence electrons. The molecule has 0 aromatic heterocycles. The summed E-state index contributed by atoms with van der Waals surface area (Å²) in [6.07, 6.45) is 5.36. The molecule has 0 unspecified atom stereocenters. The molecule has 1 aliphatic rings. The molecule has 1 aromatic carbocycles. The minimum atomic E-state index is 0.617. The Morgan fingerprint density at radius 1 is 1.17 bits per heavy atom. The highest BCUT2D eigenvalue weighted by Gasteiger charge is 2.30. The standard InChI is InChI=1S/C16H26N2/c1-3-16(4-2)8-10-18(11-9-16)13-14-6-5-7-15(17)12-14/h5-7,12H,3-4,8-11,13,17H2,1-2H3. The quantitative estimate of drug-likeness (QED) is 0.821. The summed E-state index contributed by atoms with van der Waals surface area (Å²) >= 11 is 0. The van der Waals surface area contributed by atoms with Gasteiger partial charge in [-0.15, -0.1) is 0 Å². The van der Waals surface area contributed by atoms with Gasteiger partial charge < -0.3 is 5.73 Å². The molecule has 1 saturated heterocycles. The summed E-state index contributed by atoms with van der Waals surface area (Å²) in [4.78, 5) is 2.57. The Morgan fingerprint density at radius 3 is 2.39 bits per heavy atom. The Bertz CT molecular complexity index is 372. The van der Waals surface area contributed by atoms with Crippen LogP contribution in [0.25, 0.3) is 0 Å². The van der Waals surface area contributed by atoms with Crippen LogP contribution >= 0.6 is 0 Å². The van der Waals surface area contributed by atoms with E-state index in [2.05, 4.69) is 36.9 Å². The molecular weight excluding hydrogens is 220 g/mol. The number of nitrogens with two attached hydrogens (primary N) is 1. The zero-order valence-electron chi connectivity index (χ0n) is 11.8. The molecule has 1 fully saturated rings. The number of piperidine rings is 1. The zero-order valence-corrected chi connectivity index (χ0v) is 11.8. The van der Waals surface area contributed by atoms with Gasteiger partial charge in [-0.1, -0.05) is 38.8 Å². The Morgan fingerprint density at radius 2 is 1.83 bits per heavy atom. The van der Waals surface area contributed by atoms with E-state index in [9.17, 15) is 0 Å². The van der Waals surface area contributed by atoms with Gasteiger partial charge in [0.25, 0.3) is 0 Å². The van der Waals surface area contributed by atoms with Crippen LogP contribution in [0.1, 0.15) is 45.1 Å². The number of hydrogen-bond acceptors (Lipinski definition) is 2. The topological polar surface area (TPSA) is 29.3 Å². The Hall–Kier alpha value is -1.02. The third kappa shape index (κ3) is 3.05. The van der Waals surface area contributed by atoms with Crippen LogP contribution in [-0.2, 0) is 6.54 Å². The van der Waals surface area contributed by atoms with Crippen LogP contribution < -0.4 is 5.73 Å². The molecule has 0 radical (unpaired) electrons. The Kier molecular flexibility index (Phi) is 4.28. The van der Waals surface area contributed by atoms with Crippen molar-refractivity contribution in [1.82, 2.24) is 4.90 Å². The molecule has 2 N–H and O–H groups in total. The van der Waals surface area contributed by atoms with Gasteiger partial charge in [0.2, 0.25) is 0 Å². The van der Waals surface area contributed by atoms with Gasteiger partial charge in [-0.2, -0.15) is 0 Å². The van der Waals surface area contributed by atoms with E-state index in [0.717, 1.165) is 12.2 Å². The van der Waals surface area contributed by atoms with E-state index in [4.69, 9.17) is 5.73 Å². The number of hydrogen-bond donors (Lipinski definition) is 1. The van der Waals surface area contributed by atoms with Gasteiger partial charge in [0.1, 0.15) is 0 Å². The lowest BCUT2D eigenvalue weighted by Gasteiger charge is -2.41. The van der Waals surface area contributed by atoms with Gasteiger partial charge in [0.15, 0.2) is 0 Å². The van der Waals surface area contributed by atoms with Gasteiger partial charge >= 0.3 is 0 Å². The smallest absolute Gasteiger partial charge is 0.0317 e. The van der Waals surface area contributed by atoms with Crippen molar-refractivity contribution < 1.29 is 0 Å². The molecule has 2 nitrogen and oxygen atoms in total. The second-order valence-corrected chi connectivity index (χ2v) is 5.73. The van der Waals surface area contributed by atoms with E-state index in [-0.39, 0.29) is 0 Å². The summed E-state index contributed by atoms with van der Waals surface area (Å²) < 4.78 is 0. The lowest BCUT2D eigenvalue weighted by Crippen LogP contribution is -2.39. The van der Waals surface area contributed by atoms with Crippen molar-refractivity contribution in [1.29, 1.82) is 0 Å². The highest BCUT2D eigenvalue weighted by Crippen LogP contribution is 2.38. The fourth-order valence-electron chi connectivity index (χ4n) is 3.09. The molecule has 2 rings (SSSR count). The summed E-state index contributed by atoms with van der Waals surface area (Å²) in [6.45, 7) is 8.20. The predicted molar refractivity (Wildman–Crippen MR) is 78.4 cm³/mol. The molecule has 0 amide bonds. The van der Waals surface area contributed by atoms with Crippen LogP contribution in [0.3, 0.4) is 0 Å². The summed E-state index contributed by atoms with van der Waals surface area (Å²) in [7, 11) is 0. The first kappa shape index (κ1) is 13.4. The fourth-order valence-corrected chi connectivity index (χ4v) is 3.09. The van der Waals surface area contributed by atoms with Crippen molar-refractivity contribution in [2.24, 2.45) is 5.41 Å². The highest BCUT2D eigenvalue weighted by molar-refractivity contribution is 5.40. The van der Waals surface area contributed by atoms with Crippen LogP contribution in [0.5, 0.6) is 0 Å². The van der Waals surface area contributed by atoms with E-state index < -0.39 is 0 Å². The Labute approximate surface area is 111 Å². The van der Waals surface area contributed by atoms with Crippen LogP contribution in [0, 0.1) is 5.41 Å². The van der Waals surface area contributed by atoms with Crippen molar-refractivity contribution in [3.8, 4) is 0 Å². The summed E-state index contributed by atoms with van der Waals surface area (Å²) in [6, 6.07) is 8.29. The molecule has 1 aliphatic heterocycles. The molecule has 0 atom stereocenters. The maximum atomic E-state index is 5.83. The van der Waals surface area contributed by atoms with Crippen molar-refractivity contribution in [3.63, 3.8) is 0 Å². The molecule has 2 heteroatoms. The minimum absolute atomic E-state index is 0.617. The molecule has 18 heavy (non-hydrogen) atoms. The third-order valence-corrected chi connectivity index (χ3v) is 4.77. The van der Waals surface area contributed by atoms with E-state index in [1.54, 1.807) is 0 Å². The summed E-state index contributed by atoms with van der Waals surface area (Å²) in [5, 5.41) is 0. The average Bonchev–Trinajstić information content (AvgIpc) is 2.40. The SMILES string of the molecule is CCC1(CC)CCN(Cc2cccc(N)c2)CC1. The van der Waals surface area contributed by atoms with E-state index in [0.29, 0.717) is 5.41 Å². The van der Waals surface area contributed by atoms with Gasteiger partial charge in [0, 0.05) is 12.2 Å². The second kappa shape index (κ2) is 5.75. The zero-order chi connectivity index (χ0) is 13.0. The van der Waals surface area contributed by atoms with Gasteiger partial charge in [0.05, 0.1) is 0 Å². The van der Waals surface area contributed by atoms with Crippen LogP contribution in [-0.4, -0.2) is 18.0 Å². The van der Waals surface area contributed by atoms with Crippen molar-refractivity contribution in [3.05, 3.63) is 29.8 Å². The summed E-state index contributed by atoms with van der Waals surface area (Å²) in [5.41, 5.74) is 8.67. The van der Waals surface area contributed by atoms with E-state index in [1.807, 2.05) is 6.07 Å². The van der Waals surface area contributed by atoms with Crippen molar-refractivity contribution >= 4 is 5.69 Å². The molecule has 0 saturated carbocycles. The number of benzene rings is 1. The van der Waals surface area contributed by atoms with Gasteiger partial charge in [-0.3, -0.25) is 4.90 Å². The van der Waals surface area contributed by atoms with Gasteiger partial charge in [-0.05, 0) is 49.0 Å². The normalized spacial score (nSPS) is 19.9. The first-order chi connectivity index (χ1) is 8.67. The van der Waals surface area contributed by atoms with Gasteiger partial charge in [-0.25, -0.2) is 0 Å². The molecular formula is C16H26N2. The predicted octanol–water partition coefficient (Wildman–Crippen LogP) is 3.67. The number of anilines is 1. The maximum absolute atomic E-state index is 5.83. The first-order valence-corrected chi connectivity index (χ1v) is 7.24. The number of rotatable bonds is 4. The maximum Gasteiger partial charge on any atom is 0.0317 e. The largest absolute Gasteiger partial charge is 0.399 e. The number of nitrogens with zero attached hydrogens (tertiary/aromatic N) is 1. The highest BCUT2D eigenvalue weighted by atomic mass is 15.1. The minimum Gasteiger partial charge on any atom is -0.399 e. The molecule has 0 aliphatic carbocycles. The van der Waals surface area contributed by atoms with Crippen molar-refractivity contribution in [2.45, 2.75) is 46.1 Å². The van der Waals surface area contributed by atoms with Crippen molar-refractivity contribution in [2.75, 3.05) is 18.8 Å². The third-order valence-electron chi connectivity index (χ3n) is 4.77. The second-order valence-electron chi connectivity index (χ2n) is 5.73. The lowest BCUT2D eigenvalue weighted by atomic mass is 9.74. The first-order valence-electron chi connectivity index (χ1n) is 7.24. The molecule has 0 bridgehead atoms. The van der Waals surface area contributed by atoms with Crippen LogP contribution in [0.2, 0.25) is 0 Å².